The minimum absolute atomic E-state index is 0.334. The van der Waals surface area contributed by atoms with Crippen LogP contribution in [-0.2, 0) is 11.3 Å². The zero-order chi connectivity index (χ0) is 13.3. The minimum atomic E-state index is -0.412. The van der Waals surface area contributed by atoms with Crippen LogP contribution in [0, 0.1) is 5.92 Å². The van der Waals surface area contributed by atoms with Gasteiger partial charge >= 0.3 is 5.97 Å². The second-order valence-electron chi connectivity index (χ2n) is 4.58. The summed E-state index contributed by atoms with van der Waals surface area (Å²) in [6.45, 7) is 5.15. The van der Waals surface area contributed by atoms with Gasteiger partial charge < -0.3 is 9.30 Å². The molecule has 0 atom stereocenters. The van der Waals surface area contributed by atoms with Gasteiger partial charge in [0.2, 0.25) is 0 Å². The fraction of sp³-hybridized carbons (Fsp3) is 0.385. The van der Waals surface area contributed by atoms with Crippen molar-refractivity contribution in [1.29, 1.82) is 0 Å². The van der Waals surface area contributed by atoms with Crippen molar-refractivity contribution in [3.63, 3.8) is 0 Å². The molecule has 0 unspecified atom stereocenters. The normalized spacial score (nSPS) is 11.2. The number of nitrogens with zero attached hydrogens (tertiary/aromatic N) is 2. The molecule has 0 N–H and O–H groups in total. The summed E-state index contributed by atoms with van der Waals surface area (Å²) in [5.41, 5.74) is 1.14. The Hall–Kier alpha value is -1.36. The molecule has 0 aliphatic heterocycles. The molecule has 0 radical (unpaired) electrons. The maximum absolute atomic E-state index is 11.5. The van der Waals surface area contributed by atoms with Crippen LogP contribution in [0.1, 0.15) is 24.3 Å². The maximum Gasteiger partial charge on any atom is 0.356 e. The largest absolute Gasteiger partial charge is 0.464 e. The molecular weight excluding hydrogens is 296 g/mol. The molecule has 2 aromatic rings. The molecule has 0 saturated carbocycles. The zero-order valence-corrected chi connectivity index (χ0v) is 12.2. The van der Waals surface area contributed by atoms with Crippen molar-refractivity contribution in [2.45, 2.75) is 20.4 Å². The molecule has 0 aromatic carbocycles. The van der Waals surface area contributed by atoms with Gasteiger partial charge in [-0.15, -0.1) is 0 Å². The number of ether oxygens (including phenoxy) is 1. The molecule has 0 spiro atoms. The summed E-state index contributed by atoms with van der Waals surface area (Å²) >= 11 is 3.51. The van der Waals surface area contributed by atoms with E-state index in [0.29, 0.717) is 11.6 Å². The van der Waals surface area contributed by atoms with Gasteiger partial charge in [0.25, 0.3) is 0 Å². The molecule has 0 bridgehead atoms. The van der Waals surface area contributed by atoms with Crippen molar-refractivity contribution in [1.82, 2.24) is 9.55 Å². The van der Waals surface area contributed by atoms with Crippen LogP contribution in [0.4, 0.5) is 0 Å². The third-order valence-electron chi connectivity index (χ3n) is 2.63. The highest BCUT2D eigenvalue weighted by atomic mass is 79.9. The van der Waals surface area contributed by atoms with E-state index in [9.17, 15) is 4.79 Å². The standard InChI is InChI=1S/C13H15BrN2O2/c1-8(2)6-16-7-10(14)9-4-5-11(13(17)18-3)15-12(9)16/h4-5,7-8H,6H2,1-3H3. The summed E-state index contributed by atoms with van der Waals surface area (Å²) in [4.78, 5) is 15.9. The van der Waals surface area contributed by atoms with Gasteiger partial charge in [0.15, 0.2) is 5.69 Å². The first kappa shape index (κ1) is 13.1. The van der Waals surface area contributed by atoms with Crippen LogP contribution >= 0.6 is 15.9 Å². The van der Waals surface area contributed by atoms with Gasteiger partial charge in [-0.1, -0.05) is 13.8 Å². The lowest BCUT2D eigenvalue weighted by molar-refractivity contribution is 0.0594. The van der Waals surface area contributed by atoms with E-state index in [4.69, 9.17) is 4.74 Å². The summed E-state index contributed by atoms with van der Waals surface area (Å²) in [5, 5.41) is 1.00. The van der Waals surface area contributed by atoms with Gasteiger partial charge in [-0.25, -0.2) is 9.78 Å². The fourth-order valence-electron chi connectivity index (χ4n) is 1.87. The third-order valence-corrected chi connectivity index (χ3v) is 3.26. The Morgan fingerprint density at radius 3 is 2.83 bits per heavy atom. The molecule has 2 rings (SSSR count). The van der Waals surface area contributed by atoms with Crippen molar-refractivity contribution in [2.75, 3.05) is 7.11 Å². The van der Waals surface area contributed by atoms with E-state index in [0.717, 1.165) is 22.1 Å². The summed E-state index contributed by atoms with van der Waals surface area (Å²) in [7, 11) is 1.36. The molecule has 4 nitrogen and oxygen atoms in total. The number of pyridine rings is 1. The molecule has 5 heteroatoms. The number of aromatic nitrogens is 2. The monoisotopic (exact) mass is 310 g/mol. The van der Waals surface area contributed by atoms with E-state index in [2.05, 4.69) is 39.3 Å². The predicted octanol–water partition coefficient (Wildman–Crippen LogP) is 3.24. The number of carbonyl (C=O) groups excluding carboxylic acids is 1. The van der Waals surface area contributed by atoms with Gasteiger partial charge in [0.1, 0.15) is 5.65 Å². The number of fused-ring (bicyclic) bond motifs is 1. The average molecular weight is 311 g/mol. The van der Waals surface area contributed by atoms with Gasteiger partial charge in [0.05, 0.1) is 7.11 Å². The van der Waals surface area contributed by atoms with E-state index >= 15 is 0 Å². The molecule has 0 saturated heterocycles. The summed E-state index contributed by atoms with van der Waals surface area (Å²) in [6, 6.07) is 3.56. The van der Waals surface area contributed by atoms with Crippen LogP contribution in [0.2, 0.25) is 0 Å². The Bertz CT molecular complexity index is 590. The van der Waals surface area contributed by atoms with Crippen molar-refractivity contribution in [3.05, 3.63) is 28.5 Å². The van der Waals surface area contributed by atoms with Crippen molar-refractivity contribution in [2.24, 2.45) is 5.92 Å². The van der Waals surface area contributed by atoms with Crippen molar-refractivity contribution >= 4 is 32.9 Å². The lowest BCUT2D eigenvalue weighted by atomic mass is 10.2. The van der Waals surface area contributed by atoms with Gasteiger partial charge in [-0.05, 0) is 34.0 Å². The van der Waals surface area contributed by atoms with Crippen LogP contribution in [0.3, 0.4) is 0 Å². The predicted molar refractivity (Wildman–Crippen MR) is 73.6 cm³/mol. The quantitative estimate of drug-likeness (QED) is 0.817. The van der Waals surface area contributed by atoms with E-state index in [-0.39, 0.29) is 0 Å². The number of hydrogen-bond acceptors (Lipinski definition) is 3. The van der Waals surface area contributed by atoms with Crippen LogP contribution in [0.5, 0.6) is 0 Å². The molecule has 2 aromatic heterocycles. The average Bonchev–Trinajstić information content (AvgIpc) is 2.64. The van der Waals surface area contributed by atoms with E-state index < -0.39 is 5.97 Å². The number of methoxy groups -OCH3 is 1. The molecule has 0 aliphatic rings. The topological polar surface area (TPSA) is 44.1 Å². The van der Waals surface area contributed by atoms with Crippen LogP contribution in [0.15, 0.2) is 22.8 Å². The maximum atomic E-state index is 11.5. The number of halogens is 1. The number of carbonyl (C=O) groups is 1. The van der Waals surface area contributed by atoms with Crippen molar-refractivity contribution < 1.29 is 9.53 Å². The number of rotatable bonds is 3. The first-order chi connectivity index (χ1) is 8.52. The first-order valence-electron chi connectivity index (χ1n) is 5.76. The molecule has 18 heavy (non-hydrogen) atoms. The van der Waals surface area contributed by atoms with Gasteiger partial charge in [-0.3, -0.25) is 0 Å². The second-order valence-corrected chi connectivity index (χ2v) is 5.44. The highest BCUT2D eigenvalue weighted by molar-refractivity contribution is 9.10. The highest BCUT2D eigenvalue weighted by Crippen LogP contribution is 2.26. The minimum Gasteiger partial charge on any atom is -0.464 e. The smallest absolute Gasteiger partial charge is 0.356 e. The molecule has 0 amide bonds. The highest BCUT2D eigenvalue weighted by Gasteiger charge is 2.13. The van der Waals surface area contributed by atoms with Gasteiger partial charge in [-0.2, -0.15) is 0 Å². The number of hydrogen-bond donors (Lipinski definition) is 0. The molecule has 0 aliphatic carbocycles. The third kappa shape index (κ3) is 2.41. The fourth-order valence-corrected chi connectivity index (χ4v) is 2.43. The Morgan fingerprint density at radius 2 is 2.22 bits per heavy atom. The summed E-state index contributed by atoms with van der Waals surface area (Å²) in [5.74, 6) is 0.0985. The molecular formula is C13H15BrN2O2. The Labute approximate surface area is 114 Å². The SMILES string of the molecule is COC(=O)c1ccc2c(Br)cn(CC(C)C)c2n1. The van der Waals surface area contributed by atoms with Crippen LogP contribution in [-0.4, -0.2) is 22.6 Å². The van der Waals surface area contributed by atoms with E-state index in [1.165, 1.54) is 7.11 Å². The molecule has 2 heterocycles. The lowest BCUT2D eigenvalue weighted by Gasteiger charge is -2.07. The number of esters is 1. The van der Waals surface area contributed by atoms with Crippen molar-refractivity contribution in [3.8, 4) is 0 Å². The first-order valence-corrected chi connectivity index (χ1v) is 6.56. The van der Waals surface area contributed by atoms with Gasteiger partial charge in [0, 0.05) is 22.6 Å². The Morgan fingerprint density at radius 1 is 1.50 bits per heavy atom. The van der Waals surface area contributed by atoms with Crippen LogP contribution in [0.25, 0.3) is 11.0 Å². The zero-order valence-electron chi connectivity index (χ0n) is 10.6. The molecule has 0 fully saturated rings. The molecule has 96 valence electrons. The Kier molecular flexibility index (Phi) is 3.71. The van der Waals surface area contributed by atoms with E-state index in [1.807, 2.05) is 12.3 Å². The second kappa shape index (κ2) is 5.10. The summed E-state index contributed by atoms with van der Waals surface area (Å²) in [6.07, 6.45) is 2.00. The Balaban J connectivity index is 2.55. The lowest BCUT2D eigenvalue weighted by Crippen LogP contribution is -2.07. The van der Waals surface area contributed by atoms with Crippen LogP contribution < -0.4 is 0 Å². The van der Waals surface area contributed by atoms with E-state index in [1.54, 1.807) is 6.07 Å². The summed E-state index contributed by atoms with van der Waals surface area (Å²) < 4.78 is 7.73.